The molecular weight excluding hydrogens is 311 g/mol. The van der Waals surface area contributed by atoms with E-state index in [-0.39, 0.29) is 28.8 Å². The van der Waals surface area contributed by atoms with Gasteiger partial charge in [0.15, 0.2) is 0 Å². The third-order valence-corrected chi connectivity index (χ3v) is 3.26. The second-order valence-corrected chi connectivity index (χ2v) is 4.69. The van der Waals surface area contributed by atoms with Gasteiger partial charge in [-0.25, -0.2) is 4.79 Å². The van der Waals surface area contributed by atoms with Gasteiger partial charge in [-0.3, -0.25) is 4.79 Å². The number of hydrogen-bond donors (Lipinski definition) is 2. The number of hydrogen-bond acceptors (Lipinski definition) is 2. The van der Waals surface area contributed by atoms with E-state index in [1.54, 1.807) is 0 Å². The zero-order valence-corrected chi connectivity index (χ0v) is 11.7. The monoisotopic (exact) mass is 323 g/mol. The van der Waals surface area contributed by atoms with Crippen LogP contribution in [-0.4, -0.2) is 17.5 Å². The lowest BCUT2D eigenvalue weighted by Crippen LogP contribution is -2.15. The Morgan fingerprint density at radius 2 is 1.83 bits per heavy atom. The number of amides is 1. The summed E-state index contributed by atoms with van der Waals surface area (Å²) in [7, 11) is 0. The van der Waals surface area contributed by atoms with Crippen LogP contribution in [0, 0.1) is 0 Å². The summed E-state index contributed by atoms with van der Waals surface area (Å²) in [4.78, 5) is 21.8. The molecule has 2 aromatic carbocycles. The Morgan fingerprint density at radius 3 is 2.43 bits per heavy atom. The second-order valence-electron chi connectivity index (χ2n) is 4.69. The van der Waals surface area contributed by atoms with Gasteiger partial charge in [-0.1, -0.05) is 30.3 Å². The van der Waals surface area contributed by atoms with Crippen molar-refractivity contribution in [3.8, 4) is 11.1 Å². The van der Waals surface area contributed by atoms with Crippen LogP contribution in [0.5, 0.6) is 0 Å². The molecular formula is C16H12F3NO3. The van der Waals surface area contributed by atoms with Crippen molar-refractivity contribution in [2.24, 2.45) is 0 Å². The van der Waals surface area contributed by atoms with Crippen LogP contribution in [0.1, 0.15) is 21.5 Å². The molecule has 0 fully saturated rings. The van der Waals surface area contributed by atoms with Crippen molar-refractivity contribution in [1.29, 1.82) is 0 Å². The molecule has 0 unspecified atom stereocenters. The van der Waals surface area contributed by atoms with Crippen molar-refractivity contribution in [3.63, 3.8) is 0 Å². The number of aromatic carboxylic acids is 1. The molecule has 120 valence electrons. The highest BCUT2D eigenvalue weighted by molar-refractivity contribution is 5.97. The molecule has 0 bridgehead atoms. The smallest absolute Gasteiger partial charge is 0.417 e. The highest BCUT2D eigenvalue weighted by Gasteiger charge is 2.35. The molecule has 0 aliphatic heterocycles. The number of carboxylic acids is 1. The van der Waals surface area contributed by atoms with Gasteiger partial charge in [-0.2, -0.15) is 13.2 Å². The summed E-state index contributed by atoms with van der Waals surface area (Å²) in [5.41, 5.74) is -1.29. The molecule has 2 aromatic rings. The topological polar surface area (TPSA) is 66.4 Å². The fourth-order valence-corrected chi connectivity index (χ4v) is 2.34. The largest absolute Gasteiger partial charge is 0.478 e. The highest BCUT2D eigenvalue weighted by atomic mass is 19.4. The molecule has 2 N–H and O–H groups in total. The first kappa shape index (κ1) is 16.5. The van der Waals surface area contributed by atoms with Gasteiger partial charge in [-0.15, -0.1) is 0 Å². The van der Waals surface area contributed by atoms with Crippen LogP contribution in [0.15, 0.2) is 42.5 Å². The number of carboxylic acid groups (broad SMARTS) is 1. The second kappa shape index (κ2) is 6.51. The lowest BCUT2D eigenvalue weighted by atomic mass is 9.90. The van der Waals surface area contributed by atoms with E-state index >= 15 is 0 Å². The van der Waals surface area contributed by atoms with Crippen LogP contribution < -0.4 is 5.32 Å². The summed E-state index contributed by atoms with van der Waals surface area (Å²) < 4.78 is 40.0. The fourth-order valence-electron chi connectivity index (χ4n) is 2.34. The molecule has 7 heteroatoms. The van der Waals surface area contributed by atoms with E-state index < -0.39 is 17.7 Å². The number of carbonyl (C=O) groups excluding carboxylic acids is 1. The van der Waals surface area contributed by atoms with Crippen molar-refractivity contribution in [3.05, 3.63) is 59.2 Å². The molecule has 0 saturated carbocycles. The minimum atomic E-state index is -4.65. The Kier molecular flexibility index (Phi) is 4.68. The fraction of sp³-hybridized carbons (Fsp3) is 0.125. The van der Waals surface area contributed by atoms with Crippen molar-refractivity contribution >= 4 is 12.4 Å². The van der Waals surface area contributed by atoms with E-state index in [0.717, 1.165) is 6.07 Å². The van der Waals surface area contributed by atoms with Crippen LogP contribution >= 0.6 is 0 Å². The van der Waals surface area contributed by atoms with E-state index in [1.807, 2.05) is 0 Å². The highest BCUT2D eigenvalue weighted by Crippen LogP contribution is 2.40. The SMILES string of the molecule is O=CNCc1cccc(C(F)(F)F)c1-c1ccccc1C(=O)O. The average Bonchev–Trinajstić information content (AvgIpc) is 2.51. The van der Waals surface area contributed by atoms with Gasteiger partial charge < -0.3 is 10.4 Å². The van der Waals surface area contributed by atoms with E-state index in [4.69, 9.17) is 0 Å². The van der Waals surface area contributed by atoms with Gasteiger partial charge in [0.05, 0.1) is 11.1 Å². The Bertz CT molecular complexity index is 742. The minimum Gasteiger partial charge on any atom is -0.478 e. The van der Waals surface area contributed by atoms with Crippen LogP contribution in [0.4, 0.5) is 13.2 Å². The zero-order valence-electron chi connectivity index (χ0n) is 11.7. The molecule has 0 saturated heterocycles. The van der Waals surface area contributed by atoms with Crippen LogP contribution in [0.2, 0.25) is 0 Å². The van der Waals surface area contributed by atoms with Gasteiger partial charge in [0, 0.05) is 6.54 Å². The zero-order chi connectivity index (χ0) is 17.0. The van der Waals surface area contributed by atoms with E-state index in [0.29, 0.717) is 6.41 Å². The number of halogens is 3. The summed E-state index contributed by atoms with van der Waals surface area (Å²) in [5.74, 6) is -1.33. The number of carbonyl (C=O) groups is 2. The number of alkyl halides is 3. The van der Waals surface area contributed by atoms with Gasteiger partial charge >= 0.3 is 12.1 Å². The molecule has 2 rings (SSSR count). The summed E-state index contributed by atoms with van der Waals surface area (Å²) >= 11 is 0. The third-order valence-electron chi connectivity index (χ3n) is 3.26. The molecule has 0 radical (unpaired) electrons. The molecule has 0 aromatic heterocycles. The maximum atomic E-state index is 13.3. The Hall–Kier alpha value is -2.83. The van der Waals surface area contributed by atoms with E-state index in [1.165, 1.54) is 36.4 Å². The van der Waals surface area contributed by atoms with Gasteiger partial charge in [0.2, 0.25) is 6.41 Å². The molecule has 0 aliphatic carbocycles. The average molecular weight is 323 g/mol. The summed E-state index contributed by atoms with van der Waals surface area (Å²) in [5, 5.41) is 11.5. The van der Waals surface area contributed by atoms with Crippen molar-refractivity contribution < 1.29 is 27.9 Å². The molecule has 1 amide bonds. The molecule has 0 aliphatic rings. The first-order valence-electron chi connectivity index (χ1n) is 6.55. The number of benzene rings is 2. The number of nitrogens with one attached hydrogen (secondary N) is 1. The first-order valence-corrected chi connectivity index (χ1v) is 6.55. The third kappa shape index (κ3) is 3.50. The summed E-state index contributed by atoms with van der Waals surface area (Å²) in [6.45, 7) is -0.142. The van der Waals surface area contributed by atoms with Gasteiger partial charge in [0.25, 0.3) is 0 Å². The van der Waals surface area contributed by atoms with E-state index in [2.05, 4.69) is 5.32 Å². The summed E-state index contributed by atoms with van der Waals surface area (Å²) in [6, 6.07) is 8.98. The quantitative estimate of drug-likeness (QED) is 0.830. The van der Waals surface area contributed by atoms with Gasteiger partial charge in [-0.05, 0) is 28.8 Å². The number of rotatable bonds is 5. The lowest BCUT2D eigenvalue weighted by molar-refractivity contribution is -0.137. The minimum absolute atomic E-state index is 0.0457. The molecule has 0 spiro atoms. The molecule has 4 nitrogen and oxygen atoms in total. The van der Waals surface area contributed by atoms with Crippen LogP contribution in [0.25, 0.3) is 11.1 Å². The first-order chi connectivity index (χ1) is 10.9. The van der Waals surface area contributed by atoms with Crippen molar-refractivity contribution in [2.45, 2.75) is 12.7 Å². The van der Waals surface area contributed by atoms with Gasteiger partial charge in [0.1, 0.15) is 0 Å². The molecule has 23 heavy (non-hydrogen) atoms. The van der Waals surface area contributed by atoms with Crippen molar-refractivity contribution in [1.82, 2.24) is 5.32 Å². The van der Waals surface area contributed by atoms with Crippen LogP contribution in [-0.2, 0) is 17.5 Å². The Balaban J connectivity index is 2.77. The summed E-state index contributed by atoms with van der Waals surface area (Å²) in [6.07, 6.45) is -4.29. The van der Waals surface area contributed by atoms with Crippen molar-refractivity contribution in [2.75, 3.05) is 0 Å². The Morgan fingerprint density at radius 1 is 1.13 bits per heavy atom. The predicted octanol–water partition coefficient (Wildman–Crippen LogP) is 3.32. The normalized spacial score (nSPS) is 11.1. The maximum absolute atomic E-state index is 13.3. The van der Waals surface area contributed by atoms with E-state index in [9.17, 15) is 27.9 Å². The maximum Gasteiger partial charge on any atom is 0.417 e. The van der Waals surface area contributed by atoms with Crippen LogP contribution in [0.3, 0.4) is 0 Å². The standard InChI is InChI=1S/C16H12F3NO3/c17-16(18,19)13-7-3-4-10(8-20-9-21)14(13)11-5-1-2-6-12(11)15(22)23/h1-7,9H,8H2,(H,20,21)(H,22,23). The molecule has 0 heterocycles. The lowest BCUT2D eigenvalue weighted by Gasteiger charge is -2.18. The molecule has 0 atom stereocenters. The Labute approximate surface area is 129 Å². The predicted molar refractivity (Wildman–Crippen MR) is 76.7 cm³/mol.